The van der Waals surface area contributed by atoms with E-state index in [1.54, 1.807) is 0 Å². The van der Waals surface area contributed by atoms with Crippen LogP contribution in [0.2, 0.25) is 0 Å². The fourth-order valence-corrected chi connectivity index (χ4v) is 3.87. The minimum absolute atomic E-state index is 0.275. The standard InChI is InChI=1S/C17H32N2O2/c1-3-14(4-2)16(19-9-11-21-12-10-19)13-18-17(20)15-7-5-6-8-15/h14-16H,3-13H2,1-2H3,(H,18,20). The van der Waals surface area contributed by atoms with E-state index < -0.39 is 0 Å². The van der Waals surface area contributed by atoms with Crippen molar-refractivity contribution in [2.75, 3.05) is 32.8 Å². The highest BCUT2D eigenvalue weighted by molar-refractivity contribution is 5.78. The predicted molar refractivity (Wildman–Crippen MR) is 85.2 cm³/mol. The third kappa shape index (κ3) is 4.68. The molecule has 1 amide bonds. The van der Waals surface area contributed by atoms with Gasteiger partial charge in [-0.05, 0) is 18.8 Å². The number of carbonyl (C=O) groups is 1. The summed E-state index contributed by atoms with van der Waals surface area (Å²) in [6, 6.07) is 0.467. The molecule has 1 saturated carbocycles. The van der Waals surface area contributed by atoms with Crippen LogP contribution in [-0.2, 0) is 9.53 Å². The highest BCUT2D eigenvalue weighted by Crippen LogP contribution is 2.25. The van der Waals surface area contributed by atoms with Gasteiger partial charge in [0.25, 0.3) is 0 Å². The molecule has 122 valence electrons. The van der Waals surface area contributed by atoms with Crippen molar-refractivity contribution in [1.82, 2.24) is 10.2 Å². The van der Waals surface area contributed by atoms with Gasteiger partial charge in [-0.1, -0.05) is 39.5 Å². The lowest BCUT2D eigenvalue weighted by Crippen LogP contribution is -2.52. The van der Waals surface area contributed by atoms with Crippen molar-refractivity contribution in [3.63, 3.8) is 0 Å². The molecule has 2 rings (SSSR count). The molecule has 0 spiro atoms. The van der Waals surface area contributed by atoms with Crippen molar-refractivity contribution >= 4 is 5.91 Å². The van der Waals surface area contributed by atoms with E-state index in [0.29, 0.717) is 12.0 Å². The average Bonchev–Trinajstić information content (AvgIpc) is 3.06. The van der Waals surface area contributed by atoms with Crippen LogP contribution in [0, 0.1) is 11.8 Å². The van der Waals surface area contributed by atoms with Gasteiger partial charge in [-0.25, -0.2) is 0 Å². The van der Waals surface area contributed by atoms with Crippen LogP contribution in [0.4, 0.5) is 0 Å². The average molecular weight is 296 g/mol. The monoisotopic (exact) mass is 296 g/mol. The highest BCUT2D eigenvalue weighted by atomic mass is 16.5. The zero-order chi connectivity index (χ0) is 15.1. The van der Waals surface area contributed by atoms with Crippen molar-refractivity contribution in [2.45, 2.75) is 58.4 Å². The number of hydrogen-bond donors (Lipinski definition) is 1. The van der Waals surface area contributed by atoms with Crippen LogP contribution in [0.5, 0.6) is 0 Å². The molecule has 1 unspecified atom stereocenters. The number of amides is 1. The lowest BCUT2D eigenvalue weighted by atomic mass is 9.92. The molecule has 4 heteroatoms. The van der Waals surface area contributed by atoms with Gasteiger partial charge in [0.2, 0.25) is 5.91 Å². The van der Waals surface area contributed by atoms with Gasteiger partial charge in [-0.15, -0.1) is 0 Å². The summed E-state index contributed by atoms with van der Waals surface area (Å²) in [7, 11) is 0. The van der Waals surface area contributed by atoms with Gasteiger partial charge in [-0.3, -0.25) is 9.69 Å². The molecule has 0 aromatic heterocycles. The smallest absolute Gasteiger partial charge is 0.223 e. The number of morpholine rings is 1. The molecule has 1 aliphatic heterocycles. The van der Waals surface area contributed by atoms with Gasteiger partial charge in [0.15, 0.2) is 0 Å². The Morgan fingerprint density at radius 1 is 1.19 bits per heavy atom. The minimum atomic E-state index is 0.275. The molecule has 0 aromatic carbocycles. The summed E-state index contributed by atoms with van der Waals surface area (Å²) in [5.74, 6) is 1.22. The number of carbonyl (C=O) groups excluding carboxylic acids is 1. The Balaban J connectivity index is 1.89. The summed E-state index contributed by atoms with van der Waals surface area (Å²) in [6.07, 6.45) is 6.96. The summed E-state index contributed by atoms with van der Waals surface area (Å²) < 4.78 is 5.47. The largest absolute Gasteiger partial charge is 0.379 e. The lowest BCUT2D eigenvalue weighted by Gasteiger charge is -2.39. The second kappa shape index (κ2) is 8.74. The first kappa shape index (κ1) is 16.8. The molecule has 21 heavy (non-hydrogen) atoms. The quantitative estimate of drug-likeness (QED) is 0.784. The normalized spacial score (nSPS) is 22.6. The van der Waals surface area contributed by atoms with Crippen LogP contribution in [0.3, 0.4) is 0 Å². The zero-order valence-electron chi connectivity index (χ0n) is 13.8. The van der Waals surface area contributed by atoms with Gasteiger partial charge >= 0.3 is 0 Å². The highest BCUT2D eigenvalue weighted by Gasteiger charge is 2.29. The van der Waals surface area contributed by atoms with Crippen LogP contribution >= 0.6 is 0 Å². The molecule has 0 bridgehead atoms. The first-order valence-corrected chi connectivity index (χ1v) is 8.85. The molecule has 1 aliphatic carbocycles. The zero-order valence-corrected chi connectivity index (χ0v) is 13.8. The Morgan fingerprint density at radius 3 is 2.38 bits per heavy atom. The van der Waals surface area contributed by atoms with Gasteiger partial charge in [0.05, 0.1) is 13.2 Å². The molecule has 0 radical (unpaired) electrons. The van der Waals surface area contributed by atoms with E-state index in [1.165, 1.54) is 25.7 Å². The van der Waals surface area contributed by atoms with E-state index in [9.17, 15) is 4.79 Å². The van der Waals surface area contributed by atoms with Crippen molar-refractivity contribution in [3.05, 3.63) is 0 Å². The van der Waals surface area contributed by atoms with Gasteiger partial charge < -0.3 is 10.1 Å². The van der Waals surface area contributed by atoms with Crippen LogP contribution in [-0.4, -0.2) is 49.7 Å². The summed E-state index contributed by atoms with van der Waals surface area (Å²) in [6.45, 7) is 8.99. The van der Waals surface area contributed by atoms with Crippen molar-refractivity contribution in [3.8, 4) is 0 Å². The second-order valence-electron chi connectivity index (χ2n) is 6.52. The molecular weight excluding hydrogens is 264 g/mol. The first-order chi connectivity index (χ1) is 10.3. The topological polar surface area (TPSA) is 41.6 Å². The Hall–Kier alpha value is -0.610. The second-order valence-corrected chi connectivity index (χ2v) is 6.52. The summed E-state index contributed by atoms with van der Waals surface area (Å²) in [5.41, 5.74) is 0. The predicted octanol–water partition coefficient (Wildman–Crippen LogP) is 2.43. The number of rotatable bonds is 7. The Kier molecular flexibility index (Phi) is 6.97. The SMILES string of the molecule is CCC(CC)C(CNC(=O)C1CCCC1)N1CCOCC1. The maximum Gasteiger partial charge on any atom is 0.223 e. The first-order valence-electron chi connectivity index (χ1n) is 8.85. The van der Waals surface area contributed by atoms with Crippen molar-refractivity contribution < 1.29 is 9.53 Å². The summed E-state index contributed by atoms with van der Waals surface area (Å²) >= 11 is 0. The van der Waals surface area contributed by atoms with Crippen LogP contribution in [0.1, 0.15) is 52.4 Å². The van der Waals surface area contributed by atoms with Crippen molar-refractivity contribution in [1.29, 1.82) is 0 Å². The fourth-order valence-electron chi connectivity index (χ4n) is 3.87. The maximum absolute atomic E-state index is 12.3. The summed E-state index contributed by atoms with van der Waals surface area (Å²) in [4.78, 5) is 14.8. The van der Waals surface area contributed by atoms with Gasteiger partial charge in [0, 0.05) is 31.6 Å². The maximum atomic E-state index is 12.3. The molecule has 4 nitrogen and oxygen atoms in total. The number of nitrogens with one attached hydrogen (secondary N) is 1. The summed E-state index contributed by atoms with van der Waals surface area (Å²) in [5, 5.41) is 3.25. The van der Waals surface area contributed by atoms with E-state index in [1.807, 2.05) is 0 Å². The van der Waals surface area contributed by atoms with E-state index in [-0.39, 0.29) is 11.8 Å². The van der Waals surface area contributed by atoms with Gasteiger partial charge in [0.1, 0.15) is 0 Å². The Labute approximate surface area is 129 Å². The third-order valence-corrected chi connectivity index (χ3v) is 5.32. The van der Waals surface area contributed by atoms with Crippen LogP contribution in [0.15, 0.2) is 0 Å². The molecule has 2 fully saturated rings. The molecular formula is C17H32N2O2. The Morgan fingerprint density at radius 2 is 1.81 bits per heavy atom. The molecule has 2 aliphatic rings. The van der Waals surface area contributed by atoms with E-state index >= 15 is 0 Å². The molecule has 1 heterocycles. The molecule has 1 N–H and O–H groups in total. The molecule has 1 atom stereocenters. The fraction of sp³-hybridized carbons (Fsp3) is 0.941. The number of nitrogens with zero attached hydrogens (tertiary/aromatic N) is 1. The molecule has 1 saturated heterocycles. The van der Waals surface area contributed by atoms with Crippen LogP contribution < -0.4 is 5.32 Å². The number of hydrogen-bond acceptors (Lipinski definition) is 3. The third-order valence-electron chi connectivity index (χ3n) is 5.32. The number of ether oxygens (including phenoxy) is 1. The van der Waals surface area contributed by atoms with Crippen LogP contribution in [0.25, 0.3) is 0 Å². The van der Waals surface area contributed by atoms with E-state index in [2.05, 4.69) is 24.1 Å². The van der Waals surface area contributed by atoms with Crippen molar-refractivity contribution in [2.24, 2.45) is 11.8 Å². The lowest BCUT2D eigenvalue weighted by molar-refractivity contribution is -0.125. The van der Waals surface area contributed by atoms with E-state index in [0.717, 1.165) is 45.7 Å². The Bertz CT molecular complexity index is 306. The minimum Gasteiger partial charge on any atom is -0.379 e. The van der Waals surface area contributed by atoms with E-state index in [4.69, 9.17) is 4.74 Å². The molecule has 0 aromatic rings. The van der Waals surface area contributed by atoms with Gasteiger partial charge in [-0.2, -0.15) is 0 Å².